The highest BCUT2D eigenvalue weighted by Gasteiger charge is 2.28. The summed E-state index contributed by atoms with van der Waals surface area (Å²) >= 11 is 0. The van der Waals surface area contributed by atoms with Crippen molar-refractivity contribution in [3.05, 3.63) is 65.7 Å². The van der Waals surface area contributed by atoms with Gasteiger partial charge in [-0.25, -0.2) is 9.59 Å². The van der Waals surface area contributed by atoms with Crippen molar-refractivity contribution in [2.45, 2.75) is 51.5 Å². The molecule has 0 saturated carbocycles. The van der Waals surface area contributed by atoms with E-state index in [1.54, 1.807) is 45.0 Å². The van der Waals surface area contributed by atoms with Crippen LogP contribution in [0.15, 0.2) is 54.6 Å². The van der Waals surface area contributed by atoms with Gasteiger partial charge >= 0.3 is 12.1 Å². The molecule has 2 rings (SSSR count). The second-order valence-corrected chi connectivity index (χ2v) is 8.59. The van der Waals surface area contributed by atoms with E-state index in [4.69, 9.17) is 9.47 Å². The van der Waals surface area contributed by atoms with Gasteiger partial charge in [-0.3, -0.25) is 4.79 Å². The fraction of sp³-hybridized carbons (Fsp3) is 0.400. The first-order valence-electron chi connectivity index (χ1n) is 10.9. The highest BCUT2D eigenvalue weighted by Crippen LogP contribution is 2.16. The number of carbonyl (C=O) groups excluding carboxylic acids is 3. The maximum absolute atomic E-state index is 12.8. The Labute approximate surface area is 199 Å². The van der Waals surface area contributed by atoms with Crippen molar-refractivity contribution in [1.82, 2.24) is 10.6 Å². The molecule has 0 heterocycles. The van der Waals surface area contributed by atoms with Crippen LogP contribution in [-0.4, -0.2) is 54.5 Å². The summed E-state index contributed by atoms with van der Waals surface area (Å²) in [6.45, 7) is 4.88. The van der Waals surface area contributed by atoms with Crippen LogP contribution in [0, 0.1) is 0 Å². The maximum Gasteiger partial charge on any atom is 0.408 e. The van der Waals surface area contributed by atoms with Crippen LogP contribution in [0.2, 0.25) is 0 Å². The smallest absolute Gasteiger partial charge is 0.408 e. The van der Waals surface area contributed by atoms with Gasteiger partial charge in [-0.05, 0) is 44.0 Å². The predicted molar refractivity (Wildman–Crippen MR) is 125 cm³/mol. The van der Waals surface area contributed by atoms with Crippen LogP contribution in [0.3, 0.4) is 0 Å². The van der Waals surface area contributed by atoms with Crippen LogP contribution in [-0.2, 0) is 32.1 Å². The topological polar surface area (TPSA) is 123 Å². The molecule has 2 aromatic carbocycles. The van der Waals surface area contributed by atoms with Crippen molar-refractivity contribution in [2.24, 2.45) is 0 Å². The van der Waals surface area contributed by atoms with Gasteiger partial charge in [0.15, 0.2) is 6.04 Å². The first-order valence-corrected chi connectivity index (χ1v) is 10.9. The molecule has 0 fully saturated rings. The number of methoxy groups -OCH3 is 1. The molecule has 9 heteroatoms. The summed E-state index contributed by atoms with van der Waals surface area (Å²) in [5.41, 5.74) is 1.01. The first-order chi connectivity index (χ1) is 16.1. The number of hydrogen-bond donors (Lipinski definition) is 3. The minimum atomic E-state index is -1.26. The number of esters is 1. The van der Waals surface area contributed by atoms with E-state index < -0.39 is 42.3 Å². The molecule has 184 valence electrons. The molecule has 0 aliphatic rings. The fourth-order valence-electron chi connectivity index (χ4n) is 2.95. The van der Waals surface area contributed by atoms with Gasteiger partial charge < -0.3 is 30.0 Å². The molecular weight excluding hydrogens is 440 g/mol. The zero-order chi connectivity index (χ0) is 25.1. The lowest BCUT2D eigenvalue weighted by Crippen LogP contribution is -2.54. The number of rotatable bonds is 10. The monoisotopic (exact) mass is 472 g/mol. The van der Waals surface area contributed by atoms with Crippen molar-refractivity contribution < 1.29 is 33.7 Å². The van der Waals surface area contributed by atoms with Gasteiger partial charge in [0.05, 0.1) is 13.7 Å². The number of aliphatic hydroxyl groups excluding tert-OH is 1. The molecule has 2 atom stereocenters. The van der Waals surface area contributed by atoms with Gasteiger partial charge in [0, 0.05) is 6.42 Å². The number of carbonyl (C=O) groups is 3. The molecule has 3 N–H and O–H groups in total. The van der Waals surface area contributed by atoms with E-state index in [-0.39, 0.29) is 6.42 Å². The van der Waals surface area contributed by atoms with Crippen LogP contribution in [0.5, 0.6) is 5.75 Å². The normalized spacial score (nSPS) is 12.7. The Kier molecular flexibility index (Phi) is 9.88. The molecule has 0 aliphatic carbocycles. The third kappa shape index (κ3) is 9.11. The Morgan fingerprint density at radius 2 is 1.56 bits per heavy atom. The second-order valence-electron chi connectivity index (χ2n) is 8.59. The molecule has 0 aliphatic heterocycles. The van der Waals surface area contributed by atoms with Crippen LogP contribution in [0.4, 0.5) is 4.79 Å². The number of benzene rings is 2. The van der Waals surface area contributed by atoms with Gasteiger partial charge in [-0.2, -0.15) is 0 Å². The van der Waals surface area contributed by atoms with Crippen LogP contribution in [0.1, 0.15) is 31.9 Å². The maximum atomic E-state index is 12.8. The highest BCUT2D eigenvalue weighted by molar-refractivity contribution is 5.90. The van der Waals surface area contributed by atoms with Gasteiger partial charge in [0.25, 0.3) is 0 Å². The lowest BCUT2D eigenvalue weighted by Gasteiger charge is -2.24. The Morgan fingerprint density at radius 1 is 0.912 bits per heavy atom. The summed E-state index contributed by atoms with van der Waals surface area (Å²) < 4.78 is 15.6. The minimum absolute atomic E-state index is 0.114. The minimum Gasteiger partial charge on any atom is -0.489 e. The van der Waals surface area contributed by atoms with Gasteiger partial charge in [-0.15, -0.1) is 0 Å². The summed E-state index contributed by atoms with van der Waals surface area (Å²) in [4.78, 5) is 36.9. The number of hydrogen-bond acceptors (Lipinski definition) is 7. The largest absolute Gasteiger partial charge is 0.489 e. The molecule has 0 bridgehead atoms. The number of ether oxygens (including phenoxy) is 3. The SMILES string of the molecule is COC(=O)[C@H](CO)NC(=O)[C@H](Cc1ccc(OCc2ccccc2)cc1)NC(=O)OC(C)(C)C. The summed E-state index contributed by atoms with van der Waals surface area (Å²) in [5.74, 6) is -0.814. The standard InChI is InChI=1S/C25H32N2O7/c1-25(2,3)34-24(31)27-20(22(29)26-21(15-28)23(30)32-4)14-17-10-12-19(13-11-17)33-16-18-8-6-5-7-9-18/h5-13,20-21,28H,14-16H2,1-4H3,(H,26,29)(H,27,31)/t20-,21-/m0/s1. The Morgan fingerprint density at radius 3 is 2.12 bits per heavy atom. The van der Waals surface area contributed by atoms with Gasteiger partial charge in [0.1, 0.15) is 24.0 Å². The second kappa shape index (κ2) is 12.6. The zero-order valence-electron chi connectivity index (χ0n) is 19.9. The molecule has 0 unspecified atom stereocenters. The summed E-state index contributed by atoms with van der Waals surface area (Å²) in [6, 6.07) is 14.5. The van der Waals surface area contributed by atoms with Crippen molar-refractivity contribution in [1.29, 1.82) is 0 Å². The Hall–Kier alpha value is -3.59. The van der Waals surface area contributed by atoms with Crippen LogP contribution in [0.25, 0.3) is 0 Å². The molecule has 0 radical (unpaired) electrons. The van der Waals surface area contributed by atoms with Crippen molar-refractivity contribution in [3.63, 3.8) is 0 Å². The molecule has 9 nitrogen and oxygen atoms in total. The Balaban J connectivity index is 2.09. The van der Waals surface area contributed by atoms with Gasteiger partial charge in [-0.1, -0.05) is 42.5 Å². The lowest BCUT2D eigenvalue weighted by molar-refractivity contribution is -0.146. The Bertz CT molecular complexity index is 940. The summed E-state index contributed by atoms with van der Waals surface area (Å²) in [7, 11) is 1.15. The van der Waals surface area contributed by atoms with E-state index in [0.717, 1.165) is 18.2 Å². The van der Waals surface area contributed by atoms with E-state index in [1.807, 2.05) is 30.3 Å². The average Bonchev–Trinajstić information content (AvgIpc) is 2.80. The van der Waals surface area contributed by atoms with E-state index in [2.05, 4.69) is 15.4 Å². The fourth-order valence-corrected chi connectivity index (χ4v) is 2.95. The molecule has 0 saturated heterocycles. The number of amides is 2. The first kappa shape index (κ1) is 26.7. The molecule has 2 aromatic rings. The van der Waals surface area contributed by atoms with Crippen LogP contribution < -0.4 is 15.4 Å². The van der Waals surface area contributed by atoms with E-state index >= 15 is 0 Å². The van der Waals surface area contributed by atoms with Crippen molar-refractivity contribution >= 4 is 18.0 Å². The summed E-state index contributed by atoms with van der Waals surface area (Å²) in [6.07, 6.45) is -0.669. The van der Waals surface area contributed by atoms with E-state index in [1.165, 1.54) is 0 Å². The quantitative estimate of drug-likeness (QED) is 0.454. The number of alkyl carbamates (subject to hydrolysis) is 1. The predicted octanol–water partition coefficient (Wildman–Crippen LogP) is 2.35. The van der Waals surface area contributed by atoms with Crippen molar-refractivity contribution in [3.8, 4) is 5.75 Å². The van der Waals surface area contributed by atoms with Crippen molar-refractivity contribution in [2.75, 3.05) is 13.7 Å². The van der Waals surface area contributed by atoms with Gasteiger partial charge in [0.2, 0.25) is 5.91 Å². The lowest BCUT2D eigenvalue weighted by atomic mass is 10.0. The molecular formula is C25H32N2O7. The third-order valence-electron chi connectivity index (χ3n) is 4.60. The average molecular weight is 473 g/mol. The molecule has 34 heavy (non-hydrogen) atoms. The van der Waals surface area contributed by atoms with Crippen LogP contribution >= 0.6 is 0 Å². The van der Waals surface area contributed by atoms with E-state index in [9.17, 15) is 19.5 Å². The number of aliphatic hydroxyl groups is 1. The number of nitrogens with one attached hydrogen (secondary N) is 2. The van der Waals surface area contributed by atoms with E-state index in [0.29, 0.717) is 12.4 Å². The highest BCUT2D eigenvalue weighted by atomic mass is 16.6. The zero-order valence-corrected chi connectivity index (χ0v) is 19.9. The summed E-state index contributed by atoms with van der Waals surface area (Å²) in [5, 5.41) is 14.3. The molecule has 0 aromatic heterocycles. The molecule has 0 spiro atoms. The third-order valence-corrected chi connectivity index (χ3v) is 4.60. The molecule has 2 amide bonds.